The first kappa shape index (κ1) is 18.9. The maximum absolute atomic E-state index is 10.1. The van der Waals surface area contributed by atoms with Crippen molar-refractivity contribution in [2.24, 2.45) is 4.99 Å². The van der Waals surface area contributed by atoms with Crippen molar-refractivity contribution < 1.29 is 9.84 Å². The van der Waals surface area contributed by atoms with Gasteiger partial charge < -0.3 is 20.5 Å². The maximum Gasteiger partial charge on any atom is 0.191 e. The highest BCUT2D eigenvalue weighted by Crippen LogP contribution is 2.29. The lowest BCUT2D eigenvalue weighted by molar-refractivity contribution is 0.370. The Morgan fingerprint density at radius 1 is 1.20 bits per heavy atom. The third-order valence-corrected chi connectivity index (χ3v) is 3.88. The van der Waals surface area contributed by atoms with Gasteiger partial charge in [0.15, 0.2) is 17.5 Å². The molecule has 5 nitrogen and oxygen atoms in total. The zero-order valence-electron chi connectivity index (χ0n) is 14.6. The van der Waals surface area contributed by atoms with Crippen LogP contribution in [0.5, 0.6) is 11.5 Å². The summed E-state index contributed by atoms with van der Waals surface area (Å²) < 4.78 is 5.12. The average molecular weight is 362 g/mol. The number of nitrogens with one attached hydrogen (secondary N) is 2. The fraction of sp³-hybridized carbons (Fsp3) is 0.316. The molecule has 25 heavy (non-hydrogen) atoms. The van der Waals surface area contributed by atoms with Crippen LogP contribution in [0.2, 0.25) is 5.02 Å². The van der Waals surface area contributed by atoms with Gasteiger partial charge in [-0.3, -0.25) is 0 Å². The molecule has 0 aliphatic carbocycles. The first-order chi connectivity index (χ1) is 12.1. The number of hydrogen-bond donors (Lipinski definition) is 3. The minimum absolute atomic E-state index is 0.128. The van der Waals surface area contributed by atoms with Gasteiger partial charge in [0.1, 0.15) is 0 Å². The Bertz CT molecular complexity index is 720. The van der Waals surface area contributed by atoms with Gasteiger partial charge in [-0.2, -0.15) is 0 Å². The number of ether oxygens (including phenoxy) is 1. The summed E-state index contributed by atoms with van der Waals surface area (Å²) >= 11 is 6.00. The zero-order valence-corrected chi connectivity index (χ0v) is 15.3. The topological polar surface area (TPSA) is 65.9 Å². The van der Waals surface area contributed by atoms with Crippen molar-refractivity contribution in [1.29, 1.82) is 0 Å². The second kappa shape index (κ2) is 9.79. The van der Waals surface area contributed by atoms with E-state index < -0.39 is 0 Å². The Kier molecular flexibility index (Phi) is 7.41. The van der Waals surface area contributed by atoms with Crippen molar-refractivity contribution in [1.82, 2.24) is 10.6 Å². The Morgan fingerprint density at radius 2 is 2.00 bits per heavy atom. The van der Waals surface area contributed by atoms with E-state index in [-0.39, 0.29) is 5.75 Å². The van der Waals surface area contributed by atoms with Crippen LogP contribution in [-0.4, -0.2) is 31.3 Å². The Hall–Kier alpha value is -2.40. The van der Waals surface area contributed by atoms with Gasteiger partial charge in [-0.1, -0.05) is 35.9 Å². The predicted molar refractivity (Wildman–Crippen MR) is 103 cm³/mol. The monoisotopic (exact) mass is 361 g/mol. The quantitative estimate of drug-likeness (QED) is 0.522. The summed E-state index contributed by atoms with van der Waals surface area (Å²) in [4.78, 5) is 4.52. The van der Waals surface area contributed by atoms with Crippen LogP contribution in [0.15, 0.2) is 47.5 Å². The molecule has 0 saturated carbocycles. The Balaban J connectivity index is 1.96. The van der Waals surface area contributed by atoms with Gasteiger partial charge in [-0.15, -0.1) is 0 Å². The van der Waals surface area contributed by atoms with Crippen molar-refractivity contribution in [3.63, 3.8) is 0 Å². The molecule has 0 aliphatic rings. The smallest absolute Gasteiger partial charge is 0.191 e. The maximum atomic E-state index is 10.1. The second-order valence-electron chi connectivity index (χ2n) is 5.47. The number of para-hydroxylation sites is 1. The lowest BCUT2D eigenvalue weighted by Gasteiger charge is -2.12. The van der Waals surface area contributed by atoms with E-state index in [1.54, 1.807) is 6.07 Å². The van der Waals surface area contributed by atoms with E-state index in [1.165, 1.54) is 12.7 Å². The van der Waals surface area contributed by atoms with Crippen molar-refractivity contribution >= 4 is 17.6 Å². The Morgan fingerprint density at radius 3 is 2.72 bits per heavy atom. The van der Waals surface area contributed by atoms with Crippen LogP contribution in [0.3, 0.4) is 0 Å². The minimum atomic E-state index is 0.128. The van der Waals surface area contributed by atoms with E-state index in [0.717, 1.165) is 24.5 Å². The molecule has 2 aromatic rings. The fourth-order valence-electron chi connectivity index (χ4n) is 2.38. The molecule has 0 saturated heterocycles. The van der Waals surface area contributed by atoms with Crippen LogP contribution in [0.25, 0.3) is 0 Å². The first-order valence-corrected chi connectivity index (χ1v) is 8.63. The predicted octanol–water partition coefficient (Wildman–Crippen LogP) is 3.35. The first-order valence-electron chi connectivity index (χ1n) is 8.25. The summed E-state index contributed by atoms with van der Waals surface area (Å²) in [5, 5.41) is 17.4. The lowest BCUT2D eigenvalue weighted by Crippen LogP contribution is -2.38. The van der Waals surface area contributed by atoms with Gasteiger partial charge in [0.25, 0.3) is 0 Å². The molecule has 6 heteroatoms. The number of nitrogens with zero attached hydrogens (tertiary/aromatic N) is 1. The third kappa shape index (κ3) is 5.87. The number of guanidine groups is 1. The summed E-state index contributed by atoms with van der Waals surface area (Å²) in [6, 6.07) is 13.2. The van der Waals surface area contributed by atoms with E-state index in [1.807, 2.05) is 43.3 Å². The summed E-state index contributed by atoms with van der Waals surface area (Å²) in [5.41, 5.74) is 1.88. The highest BCUT2D eigenvalue weighted by molar-refractivity contribution is 6.30. The van der Waals surface area contributed by atoms with Gasteiger partial charge in [0, 0.05) is 23.7 Å². The van der Waals surface area contributed by atoms with Crippen molar-refractivity contribution in [3.05, 3.63) is 58.6 Å². The molecule has 0 bridgehead atoms. The highest BCUT2D eigenvalue weighted by Gasteiger charge is 2.07. The molecule has 134 valence electrons. The molecular formula is C19H24ClN3O2. The molecule has 0 aliphatic heterocycles. The second-order valence-corrected chi connectivity index (χ2v) is 5.91. The van der Waals surface area contributed by atoms with Crippen LogP contribution in [0.1, 0.15) is 18.1 Å². The number of rotatable bonds is 7. The number of methoxy groups -OCH3 is 1. The molecule has 0 spiro atoms. The summed E-state index contributed by atoms with van der Waals surface area (Å²) in [6.07, 6.45) is 0.843. The lowest BCUT2D eigenvalue weighted by atomic mass is 10.1. The van der Waals surface area contributed by atoms with E-state index in [2.05, 4.69) is 15.6 Å². The number of benzene rings is 2. The molecule has 0 amide bonds. The summed E-state index contributed by atoms with van der Waals surface area (Å²) in [5.74, 6) is 1.28. The van der Waals surface area contributed by atoms with E-state index in [4.69, 9.17) is 16.3 Å². The molecule has 0 radical (unpaired) electrons. The van der Waals surface area contributed by atoms with Crippen molar-refractivity contribution in [2.45, 2.75) is 19.9 Å². The standard InChI is InChI=1S/C19H24ClN3O2/c1-3-21-19(22-11-10-14-6-4-8-16(20)12-14)23-13-15-7-5-9-17(25-2)18(15)24/h4-9,12,24H,3,10-11,13H2,1-2H3,(H2,21,22,23). The van der Waals surface area contributed by atoms with E-state index >= 15 is 0 Å². The van der Waals surface area contributed by atoms with Crippen molar-refractivity contribution in [2.75, 3.05) is 20.2 Å². The molecule has 0 atom stereocenters. The normalized spacial score (nSPS) is 11.2. The van der Waals surface area contributed by atoms with Crippen LogP contribution in [-0.2, 0) is 13.0 Å². The molecule has 0 heterocycles. The molecule has 2 rings (SSSR count). The number of halogens is 1. The van der Waals surface area contributed by atoms with Gasteiger partial charge in [0.05, 0.1) is 13.7 Å². The fourth-order valence-corrected chi connectivity index (χ4v) is 2.60. The molecule has 0 fully saturated rings. The molecule has 2 aromatic carbocycles. The van der Waals surface area contributed by atoms with Crippen LogP contribution in [0, 0.1) is 0 Å². The minimum Gasteiger partial charge on any atom is -0.504 e. The number of aliphatic imine (C=N–C) groups is 1. The average Bonchev–Trinajstić information content (AvgIpc) is 2.61. The third-order valence-electron chi connectivity index (χ3n) is 3.65. The van der Waals surface area contributed by atoms with Crippen LogP contribution in [0.4, 0.5) is 0 Å². The van der Waals surface area contributed by atoms with Gasteiger partial charge in [-0.05, 0) is 37.1 Å². The zero-order chi connectivity index (χ0) is 18.1. The highest BCUT2D eigenvalue weighted by atomic mass is 35.5. The van der Waals surface area contributed by atoms with Gasteiger partial charge in [-0.25, -0.2) is 4.99 Å². The number of hydrogen-bond acceptors (Lipinski definition) is 3. The molecular weight excluding hydrogens is 338 g/mol. The van der Waals surface area contributed by atoms with Crippen LogP contribution >= 0.6 is 11.6 Å². The van der Waals surface area contributed by atoms with Gasteiger partial charge in [0.2, 0.25) is 0 Å². The molecule has 0 aromatic heterocycles. The Labute approximate surface area is 153 Å². The summed E-state index contributed by atoms with van der Waals surface area (Å²) in [7, 11) is 1.53. The van der Waals surface area contributed by atoms with Gasteiger partial charge >= 0.3 is 0 Å². The van der Waals surface area contributed by atoms with E-state index in [0.29, 0.717) is 23.8 Å². The summed E-state index contributed by atoms with van der Waals surface area (Å²) in [6.45, 7) is 3.86. The number of phenols is 1. The van der Waals surface area contributed by atoms with Crippen molar-refractivity contribution in [3.8, 4) is 11.5 Å². The van der Waals surface area contributed by atoms with Crippen LogP contribution < -0.4 is 15.4 Å². The molecule has 0 unspecified atom stereocenters. The largest absolute Gasteiger partial charge is 0.504 e. The SMILES string of the molecule is CCNC(=NCc1cccc(OC)c1O)NCCc1cccc(Cl)c1. The number of aromatic hydroxyl groups is 1. The molecule has 3 N–H and O–H groups in total. The van der Waals surface area contributed by atoms with E-state index in [9.17, 15) is 5.11 Å². The number of phenolic OH excluding ortho intramolecular Hbond substituents is 1.